The van der Waals surface area contributed by atoms with Gasteiger partial charge >= 0.3 is 0 Å². The molecule has 1 amide bonds. The summed E-state index contributed by atoms with van der Waals surface area (Å²) >= 11 is 0.767. The van der Waals surface area contributed by atoms with Crippen molar-refractivity contribution in [1.29, 1.82) is 5.41 Å². The Labute approximate surface area is 208 Å². The van der Waals surface area contributed by atoms with Crippen LogP contribution in [0.15, 0.2) is 57.4 Å². The SMILES string of the molecule is CCOc1cc(/C=C2/C(=N)N3C(=NC2=O)SN=C3S(=O)(=O)CC)ccc1OCc1ccccc1C. The van der Waals surface area contributed by atoms with Crippen LogP contribution in [0.2, 0.25) is 0 Å². The van der Waals surface area contributed by atoms with Crippen molar-refractivity contribution in [1.82, 2.24) is 4.90 Å². The van der Waals surface area contributed by atoms with E-state index in [0.717, 1.165) is 28.0 Å². The number of carbonyl (C=O) groups excluding carboxylic acids is 1. The minimum atomic E-state index is -3.71. The molecule has 0 unspecified atom stereocenters. The Bertz CT molecular complexity index is 1400. The van der Waals surface area contributed by atoms with Gasteiger partial charge in [0.1, 0.15) is 12.4 Å². The molecule has 2 aromatic rings. The average molecular weight is 513 g/mol. The number of carbonyl (C=O) groups is 1. The molecule has 9 nitrogen and oxygen atoms in total. The minimum absolute atomic E-state index is 0.0497. The lowest BCUT2D eigenvalue weighted by Crippen LogP contribution is -2.45. The first kappa shape index (κ1) is 24.7. The van der Waals surface area contributed by atoms with Crippen LogP contribution < -0.4 is 9.47 Å². The molecular formula is C24H24N4O5S2. The largest absolute Gasteiger partial charge is 0.490 e. The summed E-state index contributed by atoms with van der Waals surface area (Å²) in [5.41, 5.74) is 2.70. The summed E-state index contributed by atoms with van der Waals surface area (Å²) in [7, 11) is -3.71. The number of fused-ring (bicyclic) bond motifs is 1. The molecule has 4 rings (SSSR count). The highest BCUT2D eigenvalue weighted by Gasteiger charge is 2.42. The van der Waals surface area contributed by atoms with Gasteiger partial charge in [-0.1, -0.05) is 37.3 Å². The fraction of sp³-hybridized carbons (Fsp3) is 0.250. The molecule has 2 aromatic carbocycles. The predicted molar refractivity (Wildman–Crippen MR) is 138 cm³/mol. The van der Waals surface area contributed by atoms with E-state index in [1.807, 2.05) is 38.1 Å². The highest BCUT2D eigenvalue weighted by molar-refractivity contribution is 8.16. The van der Waals surface area contributed by atoms with Crippen LogP contribution in [-0.2, 0) is 21.2 Å². The molecule has 2 aliphatic heterocycles. The monoisotopic (exact) mass is 512 g/mol. The van der Waals surface area contributed by atoms with E-state index in [2.05, 4.69) is 9.39 Å². The maximum Gasteiger partial charge on any atom is 0.283 e. The van der Waals surface area contributed by atoms with E-state index in [-0.39, 0.29) is 27.5 Å². The van der Waals surface area contributed by atoms with E-state index >= 15 is 0 Å². The molecule has 0 saturated carbocycles. The molecule has 0 spiro atoms. The number of nitrogens with zero attached hydrogens (tertiary/aromatic N) is 3. The van der Waals surface area contributed by atoms with E-state index in [9.17, 15) is 13.2 Å². The average Bonchev–Trinajstić information content (AvgIpc) is 3.27. The predicted octanol–water partition coefficient (Wildman–Crippen LogP) is 3.98. The molecule has 0 radical (unpaired) electrons. The van der Waals surface area contributed by atoms with Crippen LogP contribution >= 0.6 is 11.9 Å². The van der Waals surface area contributed by atoms with Crippen LogP contribution in [0, 0.1) is 12.3 Å². The normalized spacial score (nSPS) is 16.8. The second-order valence-electron chi connectivity index (χ2n) is 7.66. The zero-order valence-electron chi connectivity index (χ0n) is 19.4. The fourth-order valence-corrected chi connectivity index (χ4v) is 5.39. The summed E-state index contributed by atoms with van der Waals surface area (Å²) in [6.07, 6.45) is 1.48. The minimum Gasteiger partial charge on any atom is -0.490 e. The van der Waals surface area contributed by atoms with Gasteiger partial charge in [-0.25, -0.2) is 13.3 Å². The molecule has 2 aliphatic rings. The van der Waals surface area contributed by atoms with Gasteiger partial charge in [0.2, 0.25) is 20.2 Å². The molecule has 0 saturated heterocycles. The third-order valence-corrected chi connectivity index (χ3v) is 7.78. The van der Waals surface area contributed by atoms with Gasteiger partial charge in [-0.05, 0) is 48.7 Å². The molecule has 0 aromatic heterocycles. The van der Waals surface area contributed by atoms with E-state index in [1.54, 1.807) is 18.2 Å². The van der Waals surface area contributed by atoms with Gasteiger partial charge in [-0.15, -0.1) is 0 Å². The number of hydrogen-bond donors (Lipinski definition) is 1. The Kier molecular flexibility index (Phi) is 7.08. The smallest absolute Gasteiger partial charge is 0.283 e. The van der Waals surface area contributed by atoms with Crippen molar-refractivity contribution in [2.75, 3.05) is 12.4 Å². The zero-order chi connectivity index (χ0) is 25.2. The van der Waals surface area contributed by atoms with Crippen LogP contribution in [0.4, 0.5) is 0 Å². The van der Waals surface area contributed by atoms with Crippen molar-refractivity contribution in [3.63, 3.8) is 0 Å². The Hall–Kier alpha value is -3.44. The topological polar surface area (TPSA) is 121 Å². The summed E-state index contributed by atoms with van der Waals surface area (Å²) < 4.78 is 40.5. The number of amides is 1. The Morgan fingerprint density at radius 1 is 1.11 bits per heavy atom. The maximum atomic E-state index is 12.7. The van der Waals surface area contributed by atoms with Crippen molar-refractivity contribution in [3.05, 3.63) is 64.7 Å². The van der Waals surface area contributed by atoms with E-state index in [0.29, 0.717) is 30.3 Å². The van der Waals surface area contributed by atoms with Crippen LogP contribution in [0.3, 0.4) is 0 Å². The molecule has 0 bridgehead atoms. The quantitative estimate of drug-likeness (QED) is 0.440. The Morgan fingerprint density at radius 3 is 2.60 bits per heavy atom. The molecule has 1 N–H and O–H groups in total. The molecular weight excluding hydrogens is 488 g/mol. The lowest BCUT2D eigenvalue weighted by Gasteiger charge is -2.24. The number of amidine groups is 3. The Balaban J connectivity index is 1.63. The fourth-order valence-electron chi connectivity index (χ4n) is 3.43. The first-order valence-electron chi connectivity index (χ1n) is 10.9. The van der Waals surface area contributed by atoms with Crippen LogP contribution in [-0.4, -0.2) is 47.8 Å². The summed E-state index contributed by atoms with van der Waals surface area (Å²) in [5, 5.41) is 8.30. The maximum absolute atomic E-state index is 12.7. The highest BCUT2D eigenvalue weighted by atomic mass is 32.2. The van der Waals surface area contributed by atoms with Gasteiger partial charge in [0.15, 0.2) is 11.5 Å². The second-order valence-corrected chi connectivity index (χ2v) is 10.6. The molecule has 35 heavy (non-hydrogen) atoms. The third-order valence-electron chi connectivity index (χ3n) is 5.38. The number of rotatable bonds is 7. The first-order valence-corrected chi connectivity index (χ1v) is 13.3. The van der Waals surface area contributed by atoms with Crippen molar-refractivity contribution >= 4 is 49.9 Å². The second kappa shape index (κ2) is 10.0. The van der Waals surface area contributed by atoms with E-state index < -0.39 is 15.7 Å². The van der Waals surface area contributed by atoms with Crippen molar-refractivity contribution < 1.29 is 22.7 Å². The van der Waals surface area contributed by atoms with Crippen molar-refractivity contribution in [3.8, 4) is 11.5 Å². The number of nitrogens with one attached hydrogen (secondary N) is 1. The molecule has 0 fully saturated rings. The van der Waals surface area contributed by atoms with Crippen LogP contribution in [0.25, 0.3) is 6.08 Å². The molecule has 2 heterocycles. The van der Waals surface area contributed by atoms with Crippen molar-refractivity contribution in [2.45, 2.75) is 27.4 Å². The highest BCUT2D eigenvalue weighted by Crippen LogP contribution is 2.33. The number of aliphatic imine (C=N–C) groups is 1. The van der Waals surface area contributed by atoms with Gasteiger partial charge in [-0.3, -0.25) is 10.2 Å². The standard InChI is InChI=1S/C24H24N4O5S2/c1-4-32-20-13-16(10-11-19(20)33-14-17-9-7-6-8-15(17)3)12-18-21(25)28-23(26-22(18)29)34-27-24(28)35(30,31)5-2/h6-13,25H,4-5,14H2,1-3H3/b18-12-,25-21?. The van der Waals surface area contributed by atoms with Crippen LogP contribution in [0.1, 0.15) is 30.5 Å². The molecule has 0 atom stereocenters. The molecule has 0 aliphatic carbocycles. The lowest BCUT2D eigenvalue weighted by atomic mass is 10.1. The van der Waals surface area contributed by atoms with Gasteiger partial charge in [0, 0.05) is 0 Å². The Morgan fingerprint density at radius 2 is 1.89 bits per heavy atom. The van der Waals surface area contributed by atoms with Crippen LogP contribution in [0.5, 0.6) is 11.5 Å². The summed E-state index contributed by atoms with van der Waals surface area (Å²) in [6.45, 7) is 6.14. The van der Waals surface area contributed by atoms with E-state index in [1.165, 1.54) is 13.0 Å². The van der Waals surface area contributed by atoms with E-state index in [4.69, 9.17) is 14.9 Å². The van der Waals surface area contributed by atoms with Crippen molar-refractivity contribution in [2.24, 2.45) is 9.39 Å². The van der Waals surface area contributed by atoms with Gasteiger partial charge in [-0.2, -0.15) is 9.39 Å². The number of ether oxygens (including phenoxy) is 2. The first-order chi connectivity index (χ1) is 16.7. The van der Waals surface area contributed by atoms with Gasteiger partial charge < -0.3 is 9.47 Å². The number of aryl methyl sites for hydroxylation is 1. The number of sulfone groups is 1. The van der Waals surface area contributed by atoms with Gasteiger partial charge in [0.25, 0.3) is 5.91 Å². The molecule has 11 heteroatoms. The zero-order valence-corrected chi connectivity index (χ0v) is 21.1. The summed E-state index contributed by atoms with van der Waals surface area (Å²) in [5.74, 6) is -0.0856. The molecule has 182 valence electrons. The number of hydrogen-bond acceptors (Lipinski definition) is 8. The summed E-state index contributed by atoms with van der Waals surface area (Å²) in [4.78, 5) is 17.7. The third kappa shape index (κ3) is 5.01. The van der Waals surface area contributed by atoms with Gasteiger partial charge in [0.05, 0.1) is 29.9 Å². The lowest BCUT2D eigenvalue weighted by molar-refractivity contribution is -0.114. The summed E-state index contributed by atoms with van der Waals surface area (Å²) in [6, 6.07) is 13.1. The number of benzene rings is 2.